The van der Waals surface area contributed by atoms with Crippen molar-refractivity contribution in [2.45, 2.75) is 74.1 Å². The first-order valence-corrected chi connectivity index (χ1v) is 13.7. The van der Waals surface area contributed by atoms with Gasteiger partial charge in [-0.05, 0) is 6.07 Å². The number of amides is 1. The molecule has 0 aromatic carbocycles. The number of phosphoric ester groups is 1. The Labute approximate surface area is 273 Å². The number of ether oxygens (including phenoxy) is 3. The van der Waals surface area contributed by atoms with Gasteiger partial charge in [-0.1, -0.05) is 0 Å². The van der Waals surface area contributed by atoms with Gasteiger partial charge in [0.2, 0.25) is 11.7 Å². The summed E-state index contributed by atoms with van der Waals surface area (Å²) in [6.07, 6.45) is -14.0. The largest absolute Gasteiger partial charge is 1.00 e. The van der Waals surface area contributed by atoms with Gasteiger partial charge in [-0.25, -0.2) is 4.79 Å². The standard InChI is InChI=1S/C21H33N4O16P.2Li/c1-8(27)23-13-9(28)5-21(19(32)33,40-17(13)15(30)10(6-26)37-2)41-42(35,36)38-7-11-14(29)16(31)18(39-11)25-4-3-12(22)24-20(25)34;;/h3-4,9-11,13-18,26,28-31H,5-7H2,1-2H3,(H,23,27)(H,32,33)(H,35,36)(H2,22,24,34);;/q;2*+1/p-2/t9-,10+,11+,13+,14+,15+,16+,17+,18+,21+;;/m0../s1. The number of hydrogen-bond acceptors (Lipinski definition) is 18. The molecule has 3 rings (SSSR count). The maximum absolute atomic E-state index is 12.7. The van der Waals surface area contributed by atoms with Crippen LogP contribution in [0.1, 0.15) is 19.6 Å². The molecule has 23 heteroatoms. The Kier molecular flexibility index (Phi) is 15.2. The van der Waals surface area contributed by atoms with E-state index in [0.29, 0.717) is 0 Å². The van der Waals surface area contributed by atoms with Crippen LogP contribution in [0, 0.1) is 0 Å². The Morgan fingerprint density at radius 2 is 1.95 bits per heavy atom. The average Bonchev–Trinajstić information content (AvgIpc) is 3.17. The maximum atomic E-state index is 12.7. The molecule has 0 spiro atoms. The number of anilines is 1. The second-order valence-electron chi connectivity index (χ2n) is 9.49. The molecule has 1 unspecified atom stereocenters. The van der Waals surface area contributed by atoms with Crippen LogP contribution in [0.5, 0.6) is 0 Å². The number of aliphatic carboxylic acids is 1. The molecule has 0 radical (unpaired) electrons. The summed E-state index contributed by atoms with van der Waals surface area (Å²) in [6.45, 7) is -0.874. The molecule has 20 nitrogen and oxygen atoms in total. The third-order valence-corrected chi connectivity index (χ3v) is 7.56. The van der Waals surface area contributed by atoms with Crippen molar-refractivity contribution in [2.75, 3.05) is 26.1 Å². The number of carbonyl (C=O) groups excluding carboxylic acids is 2. The molecule has 2 saturated heterocycles. The van der Waals surface area contributed by atoms with E-state index in [-0.39, 0.29) is 43.5 Å². The first kappa shape index (κ1) is 40.6. The van der Waals surface area contributed by atoms with Gasteiger partial charge in [0.05, 0.1) is 25.4 Å². The third-order valence-electron chi connectivity index (χ3n) is 6.57. The number of phosphoric acid groups is 1. The fraction of sp³-hybridized carbons (Fsp3) is 0.714. The minimum atomic E-state index is -5.78. The van der Waals surface area contributed by atoms with Crippen molar-refractivity contribution in [2.24, 2.45) is 0 Å². The molecule has 1 aromatic heterocycles. The first-order valence-electron chi connectivity index (χ1n) is 12.2. The van der Waals surface area contributed by atoms with Crippen LogP contribution < -0.4 is 64.5 Å². The minimum absolute atomic E-state index is 0. The molecule has 1 amide bonds. The molecule has 0 bridgehead atoms. The van der Waals surface area contributed by atoms with Crippen molar-refractivity contribution >= 4 is 25.5 Å². The molecule has 3 heterocycles. The molecule has 11 atom stereocenters. The van der Waals surface area contributed by atoms with Gasteiger partial charge in [0.25, 0.3) is 7.82 Å². The first-order chi connectivity index (χ1) is 19.6. The van der Waals surface area contributed by atoms with E-state index >= 15 is 0 Å². The monoisotopic (exact) mass is 640 g/mol. The van der Waals surface area contributed by atoms with Gasteiger partial charge < -0.3 is 70.1 Å². The summed E-state index contributed by atoms with van der Waals surface area (Å²) in [5.74, 6) is -6.55. The predicted molar refractivity (Wildman–Crippen MR) is 128 cm³/mol. The zero-order valence-corrected chi connectivity index (χ0v) is 25.0. The van der Waals surface area contributed by atoms with Crippen molar-refractivity contribution in [1.29, 1.82) is 0 Å². The van der Waals surface area contributed by atoms with Gasteiger partial charge in [-0.3, -0.25) is 18.5 Å². The maximum Gasteiger partial charge on any atom is 1.00 e. The Morgan fingerprint density at radius 3 is 2.48 bits per heavy atom. The number of nitrogens with one attached hydrogen (secondary N) is 1. The van der Waals surface area contributed by atoms with Gasteiger partial charge in [0.15, 0.2) is 6.23 Å². The van der Waals surface area contributed by atoms with Crippen molar-refractivity contribution in [3.8, 4) is 0 Å². The number of methoxy groups -OCH3 is 1. The molecule has 8 N–H and O–H groups in total. The van der Waals surface area contributed by atoms with E-state index < -0.39 is 106 Å². The van der Waals surface area contributed by atoms with Gasteiger partial charge in [0, 0.05) is 26.7 Å². The Hall–Kier alpha value is -1.40. The predicted octanol–water partition coefficient (Wildman–Crippen LogP) is -12.6. The molecule has 2 aliphatic rings. The van der Waals surface area contributed by atoms with Gasteiger partial charge >= 0.3 is 43.4 Å². The van der Waals surface area contributed by atoms with E-state index in [1.807, 2.05) is 0 Å². The number of carbonyl (C=O) groups is 2. The number of aliphatic hydroxyl groups is 5. The van der Waals surface area contributed by atoms with Gasteiger partial charge in [-0.15, -0.1) is 0 Å². The molecular weight excluding hydrogens is 609 g/mol. The van der Waals surface area contributed by atoms with Crippen molar-refractivity contribution in [1.82, 2.24) is 14.9 Å². The van der Waals surface area contributed by atoms with E-state index in [2.05, 4.69) is 19.3 Å². The number of carboxylic acids is 1. The Balaban J connectivity index is 0.00000484. The fourth-order valence-electron chi connectivity index (χ4n) is 4.51. The molecule has 238 valence electrons. The zero-order valence-electron chi connectivity index (χ0n) is 24.1. The molecule has 44 heavy (non-hydrogen) atoms. The number of hydrogen-bond donors (Lipinski definition) is 7. The van der Waals surface area contributed by atoms with E-state index in [0.717, 1.165) is 24.8 Å². The number of nitrogen functional groups attached to an aromatic ring is 1. The molecule has 2 aliphatic heterocycles. The summed E-state index contributed by atoms with van der Waals surface area (Å²) in [5, 5.41) is 65.8. The van der Waals surface area contributed by atoms with Gasteiger partial charge in [-0.2, -0.15) is 4.98 Å². The van der Waals surface area contributed by atoms with Crippen molar-refractivity contribution < 1.29 is 111 Å². The summed E-state index contributed by atoms with van der Waals surface area (Å²) in [4.78, 5) is 52.1. The summed E-state index contributed by atoms with van der Waals surface area (Å²) >= 11 is 0. The van der Waals surface area contributed by atoms with Crippen LogP contribution in [0.15, 0.2) is 17.1 Å². The van der Waals surface area contributed by atoms with E-state index in [1.165, 1.54) is 6.07 Å². The number of nitrogens with zero attached hydrogens (tertiary/aromatic N) is 2. The van der Waals surface area contributed by atoms with Crippen LogP contribution in [0.25, 0.3) is 0 Å². The van der Waals surface area contributed by atoms with Crippen LogP contribution in [0.3, 0.4) is 0 Å². The van der Waals surface area contributed by atoms with Crippen LogP contribution in [0.4, 0.5) is 5.82 Å². The third kappa shape index (κ3) is 9.11. The van der Waals surface area contributed by atoms with Crippen molar-refractivity contribution in [3.63, 3.8) is 0 Å². The smallest absolute Gasteiger partial charge is 0.756 e. The number of rotatable bonds is 12. The number of nitrogens with two attached hydrogens (primary N) is 1. The SMILES string of the molecule is CO[C@H](CO)[C@@H](O)[C@@H]1O[C@](OP(=O)([O-])OC[C@H]2O[C@@H](n3ccc(N)nc3=O)[C@H](O)[C@@H]2O)(C(=O)[O-])C[C@H](O)[C@H]1NC(C)=O.[Li+].[Li+]. The van der Waals surface area contributed by atoms with Crippen LogP contribution in [0.2, 0.25) is 0 Å². The second-order valence-corrected chi connectivity index (χ2v) is 10.8. The van der Waals surface area contributed by atoms with Crippen LogP contribution in [-0.4, -0.2) is 122 Å². The number of aliphatic hydroxyl groups excluding tert-OH is 5. The molecule has 2 fully saturated rings. The fourth-order valence-corrected chi connectivity index (χ4v) is 5.44. The quantitative estimate of drug-likeness (QED) is 0.0823. The topological polar surface area (TPSA) is 318 Å². The van der Waals surface area contributed by atoms with E-state index in [9.17, 15) is 54.5 Å². The van der Waals surface area contributed by atoms with E-state index in [4.69, 9.17) is 19.9 Å². The molecule has 1 aromatic rings. The second kappa shape index (κ2) is 16.4. The molecule has 0 saturated carbocycles. The van der Waals surface area contributed by atoms with Crippen molar-refractivity contribution in [3.05, 3.63) is 22.7 Å². The van der Waals surface area contributed by atoms with E-state index in [1.54, 1.807) is 0 Å². The van der Waals surface area contributed by atoms with Gasteiger partial charge in [0.1, 0.15) is 48.4 Å². The normalized spacial score (nSPS) is 32.8. The Morgan fingerprint density at radius 1 is 1.32 bits per heavy atom. The number of carboxylic acid groups (broad SMARTS) is 1. The average molecular weight is 640 g/mol. The number of aromatic nitrogens is 2. The summed E-state index contributed by atoms with van der Waals surface area (Å²) < 4.78 is 38.4. The Bertz CT molecular complexity index is 1240. The van der Waals surface area contributed by atoms with Crippen LogP contribution in [-0.2, 0) is 37.4 Å². The molecular formula is C21H31Li2N4O16P. The summed E-state index contributed by atoms with van der Waals surface area (Å²) in [6, 6.07) is -0.335. The summed E-state index contributed by atoms with van der Waals surface area (Å²) in [5.41, 5.74) is 4.45. The zero-order chi connectivity index (χ0) is 31.6. The molecule has 0 aliphatic carbocycles. The van der Waals surface area contributed by atoms with Crippen LogP contribution >= 0.6 is 7.82 Å². The summed E-state index contributed by atoms with van der Waals surface area (Å²) in [7, 11) is -4.71. The minimum Gasteiger partial charge on any atom is -0.756 e.